The van der Waals surface area contributed by atoms with Gasteiger partial charge in [-0.05, 0) is 49.3 Å². The Bertz CT molecular complexity index is 687. The van der Waals surface area contributed by atoms with Crippen LogP contribution in [-0.2, 0) is 4.79 Å². The molecule has 1 aliphatic carbocycles. The fourth-order valence-electron chi connectivity index (χ4n) is 3.66. The van der Waals surface area contributed by atoms with E-state index in [1.165, 1.54) is 18.6 Å². The van der Waals surface area contributed by atoms with E-state index in [4.69, 9.17) is 0 Å². The minimum Gasteiger partial charge on any atom is -0.356 e. The highest BCUT2D eigenvalue weighted by Gasteiger charge is 2.30. The van der Waals surface area contributed by atoms with Crippen LogP contribution < -0.4 is 10.6 Å². The highest BCUT2D eigenvalue weighted by atomic mass is 32.2. The second kappa shape index (κ2) is 12.2. The van der Waals surface area contributed by atoms with Crippen molar-refractivity contribution in [3.8, 4) is 0 Å². The number of hydrogen-bond donors (Lipinski definition) is 2. The molecule has 2 aliphatic rings. The number of thioether (sulfide) groups is 1. The van der Waals surface area contributed by atoms with Crippen LogP contribution in [0.1, 0.15) is 25.7 Å². The molecule has 2 N–H and O–H groups in total. The summed E-state index contributed by atoms with van der Waals surface area (Å²) in [6, 6.07) is 6.63. The molecule has 0 aromatic heterocycles. The Morgan fingerprint density at radius 2 is 1.83 bits per heavy atom. The molecule has 1 aromatic rings. The summed E-state index contributed by atoms with van der Waals surface area (Å²) in [5.74, 6) is 2.28. The van der Waals surface area contributed by atoms with Gasteiger partial charge in [0.1, 0.15) is 5.82 Å². The lowest BCUT2D eigenvalue weighted by Crippen LogP contribution is -2.52. The molecule has 2 fully saturated rings. The van der Waals surface area contributed by atoms with Crippen LogP contribution in [0.15, 0.2) is 34.2 Å². The van der Waals surface area contributed by atoms with E-state index in [2.05, 4.69) is 25.4 Å². The molecule has 1 saturated heterocycles. The minimum atomic E-state index is -0.195. The zero-order valence-electron chi connectivity index (χ0n) is 17.9. The Hall–Kier alpha value is -1.80. The van der Waals surface area contributed by atoms with Crippen LogP contribution in [0.5, 0.6) is 0 Å². The maximum Gasteiger partial charge on any atom is 0.225 e. The molecular formula is C22H34FN5OS. The Balaban J connectivity index is 1.22. The number of hydrogen-bond acceptors (Lipinski definition) is 4. The molecule has 0 unspecified atom stereocenters. The number of carbonyl (C=O) groups is 1. The zero-order valence-corrected chi connectivity index (χ0v) is 18.7. The van der Waals surface area contributed by atoms with Gasteiger partial charge in [0.15, 0.2) is 5.96 Å². The molecule has 1 aromatic carbocycles. The molecule has 166 valence electrons. The van der Waals surface area contributed by atoms with Crippen molar-refractivity contribution in [3.63, 3.8) is 0 Å². The SMILES string of the molecule is CN=C(NCCCSc1ccc(F)cc1)NCCN1CCN(C(=O)C2CCC2)CC1. The molecule has 30 heavy (non-hydrogen) atoms. The predicted octanol–water partition coefficient (Wildman–Crippen LogP) is 2.42. The third-order valence-electron chi connectivity index (χ3n) is 5.78. The lowest BCUT2D eigenvalue weighted by molar-refractivity contribution is -0.139. The predicted molar refractivity (Wildman–Crippen MR) is 121 cm³/mol. The molecule has 1 saturated carbocycles. The third-order valence-corrected chi connectivity index (χ3v) is 6.88. The van der Waals surface area contributed by atoms with Crippen LogP contribution in [0.25, 0.3) is 0 Å². The van der Waals surface area contributed by atoms with Gasteiger partial charge in [0.2, 0.25) is 5.91 Å². The standard InChI is InChI=1S/C22H34FN5OS/c1-24-22(25-10-3-17-30-20-8-6-19(23)7-9-20)26-11-12-27-13-15-28(16-14-27)21(29)18-4-2-5-18/h6-9,18H,2-5,10-17H2,1H3,(H2,24,25,26). The van der Waals surface area contributed by atoms with Crippen LogP contribution in [0.4, 0.5) is 4.39 Å². The quantitative estimate of drug-likeness (QED) is 0.270. The van der Waals surface area contributed by atoms with E-state index in [9.17, 15) is 9.18 Å². The fraction of sp³-hybridized carbons (Fsp3) is 0.636. The summed E-state index contributed by atoms with van der Waals surface area (Å²) >= 11 is 1.73. The van der Waals surface area contributed by atoms with Crippen molar-refractivity contribution in [2.24, 2.45) is 10.9 Å². The molecule has 0 radical (unpaired) electrons. The van der Waals surface area contributed by atoms with E-state index in [0.717, 1.165) is 81.7 Å². The van der Waals surface area contributed by atoms with Crippen molar-refractivity contribution in [2.45, 2.75) is 30.6 Å². The number of nitrogens with zero attached hydrogens (tertiary/aromatic N) is 3. The van der Waals surface area contributed by atoms with Gasteiger partial charge in [0.25, 0.3) is 0 Å². The number of guanidine groups is 1. The first-order valence-corrected chi connectivity index (χ1v) is 12.0. The third kappa shape index (κ3) is 7.16. The number of nitrogens with one attached hydrogen (secondary N) is 2. The molecular weight excluding hydrogens is 401 g/mol. The first-order valence-electron chi connectivity index (χ1n) is 11.0. The monoisotopic (exact) mass is 435 g/mol. The van der Waals surface area contributed by atoms with E-state index in [1.807, 2.05) is 12.1 Å². The molecule has 0 spiro atoms. The van der Waals surface area contributed by atoms with E-state index in [1.54, 1.807) is 18.8 Å². The Kier molecular flexibility index (Phi) is 9.27. The first kappa shape index (κ1) is 22.9. The van der Waals surface area contributed by atoms with Crippen LogP contribution in [0.3, 0.4) is 0 Å². The number of halogens is 1. The average Bonchev–Trinajstić information content (AvgIpc) is 2.72. The second-order valence-corrected chi connectivity index (χ2v) is 9.04. The molecule has 0 atom stereocenters. The highest BCUT2D eigenvalue weighted by Crippen LogP contribution is 2.28. The topological polar surface area (TPSA) is 60.0 Å². The van der Waals surface area contributed by atoms with Gasteiger partial charge >= 0.3 is 0 Å². The summed E-state index contributed by atoms with van der Waals surface area (Å²) < 4.78 is 12.9. The average molecular weight is 436 g/mol. The summed E-state index contributed by atoms with van der Waals surface area (Å²) in [7, 11) is 1.79. The Labute approximate surface area is 183 Å². The van der Waals surface area contributed by atoms with Crippen molar-refractivity contribution >= 4 is 23.6 Å². The number of aliphatic imine (C=N–C) groups is 1. The van der Waals surface area contributed by atoms with E-state index >= 15 is 0 Å². The summed E-state index contributed by atoms with van der Waals surface area (Å²) in [6.45, 7) is 6.24. The fourth-order valence-corrected chi connectivity index (χ4v) is 4.51. The van der Waals surface area contributed by atoms with Gasteiger partial charge < -0.3 is 15.5 Å². The first-order chi connectivity index (χ1) is 14.7. The lowest BCUT2D eigenvalue weighted by atomic mass is 9.84. The molecule has 0 bridgehead atoms. The lowest BCUT2D eigenvalue weighted by Gasteiger charge is -2.38. The second-order valence-electron chi connectivity index (χ2n) is 7.88. The molecule has 1 amide bonds. The number of carbonyl (C=O) groups excluding carboxylic acids is 1. The van der Waals surface area contributed by atoms with Crippen LogP contribution >= 0.6 is 11.8 Å². The van der Waals surface area contributed by atoms with Crippen LogP contribution in [0.2, 0.25) is 0 Å². The maximum absolute atomic E-state index is 12.9. The maximum atomic E-state index is 12.9. The van der Waals surface area contributed by atoms with Gasteiger partial charge in [-0.15, -0.1) is 11.8 Å². The van der Waals surface area contributed by atoms with Crippen molar-refractivity contribution < 1.29 is 9.18 Å². The number of amides is 1. The summed E-state index contributed by atoms with van der Waals surface area (Å²) in [4.78, 5) is 22.2. The van der Waals surface area contributed by atoms with Crippen LogP contribution in [0, 0.1) is 11.7 Å². The summed E-state index contributed by atoms with van der Waals surface area (Å²) in [5.41, 5.74) is 0. The van der Waals surface area contributed by atoms with Gasteiger partial charge in [-0.3, -0.25) is 14.7 Å². The molecule has 8 heteroatoms. The van der Waals surface area contributed by atoms with Crippen molar-refractivity contribution in [3.05, 3.63) is 30.1 Å². The van der Waals surface area contributed by atoms with Gasteiger partial charge in [-0.25, -0.2) is 4.39 Å². The number of piperazine rings is 1. The van der Waals surface area contributed by atoms with Gasteiger partial charge in [0.05, 0.1) is 0 Å². The molecule has 1 aliphatic heterocycles. The van der Waals surface area contributed by atoms with Gasteiger partial charge in [0, 0.05) is 63.7 Å². The van der Waals surface area contributed by atoms with E-state index in [-0.39, 0.29) is 5.82 Å². The van der Waals surface area contributed by atoms with Crippen molar-refractivity contribution in [1.29, 1.82) is 0 Å². The van der Waals surface area contributed by atoms with Gasteiger partial charge in [-0.2, -0.15) is 0 Å². The van der Waals surface area contributed by atoms with E-state index < -0.39 is 0 Å². The zero-order chi connectivity index (χ0) is 21.2. The smallest absolute Gasteiger partial charge is 0.225 e. The van der Waals surface area contributed by atoms with Crippen LogP contribution in [-0.4, -0.2) is 80.3 Å². The number of rotatable bonds is 9. The van der Waals surface area contributed by atoms with Gasteiger partial charge in [-0.1, -0.05) is 6.42 Å². The van der Waals surface area contributed by atoms with E-state index in [0.29, 0.717) is 11.8 Å². The Morgan fingerprint density at radius 3 is 2.47 bits per heavy atom. The molecule has 1 heterocycles. The minimum absolute atomic E-state index is 0.195. The summed E-state index contributed by atoms with van der Waals surface area (Å²) in [6.07, 6.45) is 4.38. The molecule has 3 rings (SSSR count). The van der Waals surface area contributed by atoms with Crippen molar-refractivity contribution in [1.82, 2.24) is 20.4 Å². The normalized spacial score (nSPS) is 18.2. The summed E-state index contributed by atoms with van der Waals surface area (Å²) in [5, 5.41) is 6.71. The van der Waals surface area contributed by atoms with Crippen molar-refractivity contribution in [2.75, 3.05) is 58.6 Å². The largest absolute Gasteiger partial charge is 0.356 e. The molecule has 6 nitrogen and oxygen atoms in total. The Morgan fingerprint density at radius 1 is 1.13 bits per heavy atom. The highest BCUT2D eigenvalue weighted by molar-refractivity contribution is 7.99. The number of benzene rings is 1.